The van der Waals surface area contributed by atoms with E-state index in [1.165, 1.54) is 0 Å². The Balaban J connectivity index is 2.64. The summed E-state index contributed by atoms with van der Waals surface area (Å²) in [6, 6.07) is 1.12. The SMILES string of the molecule is Cc1ccncc1CNC(=O)N(CC(N)=O)CC(=O)O. The number of carbonyl (C=O) groups is 3. The number of nitrogens with zero attached hydrogens (tertiary/aromatic N) is 2. The number of rotatable bonds is 6. The third-order valence-corrected chi connectivity index (χ3v) is 2.54. The van der Waals surface area contributed by atoms with Crippen LogP contribution in [-0.4, -0.2) is 46.0 Å². The van der Waals surface area contributed by atoms with Crippen molar-refractivity contribution in [2.75, 3.05) is 13.1 Å². The number of aromatic nitrogens is 1. The van der Waals surface area contributed by atoms with Crippen molar-refractivity contribution in [1.82, 2.24) is 15.2 Å². The molecule has 0 aliphatic rings. The first kappa shape index (κ1) is 15.4. The van der Waals surface area contributed by atoms with E-state index in [0.717, 1.165) is 16.0 Å². The van der Waals surface area contributed by atoms with Crippen LogP contribution in [0.3, 0.4) is 0 Å². The van der Waals surface area contributed by atoms with Crippen LogP contribution in [0.2, 0.25) is 0 Å². The summed E-state index contributed by atoms with van der Waals surface area (Å²) >= 11 is 0. The number of hydrogen-bond acceptors (Lipinski definition) is 4. The zero-order valence-corrected chi connectivity index (χ0v) is 11.0. The number of amides is 3. The molecule has 0 bridgehead atoms. The molecule has 0 aliphatic carbocycles. The van der Waals surface area contributed by atoms with Crippen molar-refractivity contribution in [3.8, 4) is 0 Å². The molecule has 1 aromatic heterocycles. The summed E-state index contributed by atoms with van der Waals surface area (Å²) in [6.07, 6.45) is 3.23. The van der Waals surface area contributed by atoms with Gasteiger partial charge in [-0.2, -0.15) is 0 Å². The van der Waals surface area contributed by atoms with Crippen molar-refractivity contribution in [2.24, 2.45) is 5.73 Å². The highest BCUT2D eigenvalue weighted by atomic mass is 16.4. The summed E-state index contributed by atoms with van der Waals surface area (Å²) in [5.74, 6) is -2.00. The Bertz CT molecular complexity index is 502. The second kappa shape index (κ2) is 7.07. The van der Waals surface area contributed by atoms with Crippen LogP contribution in [-0.2, 0) is 16.1 Å². The van der Waals surface area contributed by atoms with Gasteiger partial charge in [0.15, 0.2) is 0 Å². The highest BCUT2D eigenvalue weighted by Gasteiger charge is 2.18. The number of carbonyl (C=O) groups excluding carboxylic acids is 2. The van der Waals surface area contributed by atoms with Gasteiger partial charge in [0.05, 0.1) is 0 Å². The van der Waals surface area contributed by atoms with Crippen LogP contribution < -0.4 is 11.1 Å². The molecule has 4 N–H and O–H groups in total. The van der Waals surface area contributed by atoms with Gasteiger partial charge in [-0.3, -0.25) is 14.6 Å². The third-order valence-electron chi connectivity index (χ3n) is 2.54. The summed E-state index contributed by atoms with van der Waals surface area (Å²) in [4.78, 5) is 38.0. The van der Waals surface area contributed by atoms with Crippen LogP contribution in [0.4, 0.5) is 4.79 Å². The van der Waals surface area contributed by atoms with Crippen molar-refractivity contribution in [3.05, 3.63) is 29.6 Å². The van der Waals surface area contributed by atoms with Gasteiger partial charge in [0.1, 0.15) is 13.1 Å². The van der Waals surface area contributed by atoms with Crippen LogP contribution in [0.5, 0.6) is 0 Å². The lowest BCUT2D eigenvalue weighted by Crippen LogP contribution is -2.46. The van der Waals surface area contributed by atoms with Crippen LogP contribution in [0, 0.1) is 6.92 Å². The molecule has 1 rings (SSSR count). The number of carboxylic acid groups (broad SMARTS) is 1. The molecule has 8 heteroatoms. The maximum atomic E-state index is 11.8. The van der Waals surface area contributed by atoms with E-state index in [9.17, 15) is 14.4 Å². The molecular weight excluding hydrogens is 264 g/mol. The van der Waals surface area contributed by atoms with Gasteiger partial charge in [-0.1, -0.05) is 0 Å². The lowest BCUT2D eigenvalue weighted by Gasteiger charge is -2.19. The van der Waals surface area contributed by atoms with Crippen molar-refractivity contribution >= 4 is 17.9 Å². The highest BCUT2D eigenvalue weighted by molar-refractivity contribution is 5.85. The Hall–Kier alpha value is -2.64. The van der Waals surface area contributed by atoms with Gasteiger partial charge < -0.3 is 21.1 Å². The maximum absolute atomic E-state index is 11.8. The molecule has 20 heavy (non-hydrogen) atoms. The standard InChI is InChI=1S/C12H16N4O4/c1-8-2-3-14-4-9(8)5-15-12(20)16(6-10(13)17)7-11(18)19/h2-4H,5-7H2,1H3,(H2,13,17)(H,15,20)(H,18,19). The van der Waals surface area contributed by atoms with Gasteiger partial charge >= 0.3 is 12.0 Å². The van der Waals surface area contributed by atoms with Crippen LogP contribution in [0.1, 0.15) is 11.1 Å². The van der Waals surface area contributed by atoms with Gasteiger partial charge in [-0.05, 0) is 24.1 Å². The molecule has 8 nitrogen and oxygen atoms in total. The molecule has 0 spiro atoms. The molecule has 108 valence electrons. The van der Waals surface area contributed by atoms with E-state index in [2.05, 4.69) is 10.3 Å². The highest BCUT2D eigenvalue weighted by Crippen LogP contribution is 2.04. The zero-order valence-electron chi connectivity index (χ0n) is 11.0. The lowest BCUT2D eigenvalue weighted by atomic mass is 10.2. The Kier molecular flexibility index (Phi) is 5.45. The Morgan fingerprint density at radius 2 is 2.10 bits per heavy atom. The summed E-state index contributed by atoms with van der Waals surface area (Å²) < 4.78 is 0. The molecule has 1 aromatic rings. The van der Waals surface area contributed by atoms with Gasteiger partial charge in [-0.25, -0.2) is 4.79 Å². The summed E-state index contributed by atoms with van der Waals surface area (Å²) in [5, 5.41) is 11.2. The molecule has 0 fully saturated rings. The molecule has 1 heterocycles. The van der Waals surface area contributed by atoms with Gasteiger partial charge in [0.25, 0.3) is 0 Å². The molecular formula is C12H16N4O4. The smallest absolute Gasteiger partial charge is 0.323 e. The molecule has 0 saturated carbocycles. The summed E-state index contributed by atoms with van der Waals surface area (Å²) in [7, 11) is 0. The predicted octanol–water partition coefficient (Wildman–Crippen LogP) is -0.528. The fourth-order valence-corrected chi connectivity index (χ4v) is 1.52. The van der Waals surface area contributed by atoms with E-state index >= 15 is 0 Å². The fourth-order valence-electron chi connectivity index (χ4n) is 1.52. The molecule has 0 aromatic carbocycles. The first-order valence-corrected chi connectivity index (χ1v) is 5.82. The monoisotopic (exact) mass is 280 g/mol. The normalized spacial score (nSPS) is 9.85. The number of nitrogens with two attached hydrogens (primary N) is 1. The Labute approximate surface area is 115 Å². The fraction of sp³-hybridized carbons (Fsp3) is 0.333. The second-order valence-corrected chi connectivity index (χ2v) is 4.18. The predicted molar refractivity (Wildman–Crippen MR) is 69.6 cm³/mol. The minimum Gasteiger partial charge on any atom is -0.480 e. The number of urea groups is 1. The quantitative estimate of drug-likeness (QED) is 0.646. The number of carboxylic acids is 1. The topological polar surface area (TPSA) is 126 Å². The number of pyridine rings is 1. The molecule has 0 radical (unpaired) electrons. The molecule has 0 unspecified atom stereocenters. The third kappa shape index (κ3) is 4.92. The van der Waals surface area contributed by atoms with E-state index in [4.69, 9.17) is 10.8 Å². The van der Waals surface area contributed by atoms with E-state index in [1.807, 2.05) is 6.92 Å². The van der Waals surface area contributed by atoms with Crippen molar-refractivity contribution < 1.29 is 19.5 Å². The van der Waals surface area contributed by atoms with E-state index in [-0.39, 0.29) is 6.54 Å². The van der Waals surface area contributed by atoms with E-state index in [0.29, 0.717) is 0 Å². The van der Waals surface area contributed by atoms with E-state index in [1.54, 1.807) is 18.5 Å². The molecule has 0 aliphatic heterocycles. The van der Waals surface area contributed by atoms with Crippen molar-refractivity contribution in [2.45, 2.75) is 13.5 Å². The van der Waals surface area contributed by atoms with Crippen LogP contribution in [0.25, 0.3) is 0 Å². The van der Waals surface area contributed by atoms with Gasteiger partial charge in [-0.15, -0.1) is 0 Å². The average molecular weight is 280 g/mol. The Morgan fingerprint density at radius 1 is 1.40 bits per heavy atom. The largest absolute Gasteiger partial charge is 0.480 e. The van der Waals surface area contributed by atoms with E-state index < -0.39 is 31.0 Å². The summed E-state index contributed by atoms with van der Waals surface area (Å²) in [5.41, 5.74) is 6.72. The van der Waals surface area contributed by atoms with Crippen LogP contribution in [0.15, 0.2) is 18.5 Å². The number of aryl methyl sites for hydroxylation is 1. The maximum Gasteiger partial charge on any atom is 0.323 e. The first-order valence-electron chi connectivity index (χ1n) is 5.82. The Morgan fingerprint density at radius 3 is 2.65 bits per heavy atom. The van der Waals surface area contributed by atoms with Gasteiger partial charge in [0, 0.05) is 18.9 Å². The zero-order chi connectivity index (χ0) is 15.1. The lowest BCUT2D eigenvalue weighted by molar-refractivity contribution is -0.137. The molecule has 0 saturated heterocycles. The van der Waals surface area contributed by atoms with Crippen LogP contribution >= 0.6 is 0 Å². The second-order valence-electron chi connectivity index (χ2n) is 4.18. The van der Waals surface area contributed by atoms with Crippen molar-refractivity contribution in [3.63, 3.8) is 0 Å². The van der Waals surface area contributed by atoms with Crippen molar-refractivity contribution in [1.29, 1.82) is 0 Å². The molecule has 0 atom stereocenters. The van der Waals surface area contributed by atoms with Gasteiger partial charge in [0.2, 0.25) is 5.91 Å². The first-order chi connectivity index (χ1) is 9.40. The minimum atomic E-state index is -1.22. The number of nitrogens with one attached hydrogen (secondary N) is 1. The molecule has 3 amide bonds. The number of hydrogen-bond donors (Lipinski definition) is 3. The number of primary amides is 1. The number of aliphatic carboxylic acids is 1. The average Bonchev–Trinajstić information content (AvgIpc) is 2.35. The summed E-state index contributed by atoms with van der Waals surface area (Å²) in [6.45, 7) is 1.000. The minimum absolute atomic E-state index is 0.188.